The lowest BCUT2D eigenvalue weighted by Gasteiger charge is -2.39. The van der Waals surface area contributed by atoms with Crippen LogP contribution in [-0.4, -0.2) is 4.57 Å². The second kappa shape index (κ2) is 9.82. The maximum Gasteiger partial charge on any atom is 0.134 e. The van der Waals surface area contributed by atoms with Crippen molar-refractivity contribution in [1.29, 1.82) is 0 Å². The van der Waals surface area contributed by atoms with Gasteiger partial charge in [-0.25, -0.2) is 0 Å². The predicted molar refractivity (Wildman–Crippen MR) is 201 cm³/mol. The van der Waals surface area contributed by atoms with Crippen molar-refractivity contribution in [3.63, 3.8) is 0 Å². The van der Waals surface area contributed by atoms with Crippen molar-refractivity contribution in [2.24, 2.45) is 0 Å². The Balaban J connectivity index is 1.16. The number of fused-ring (bicyclic) bond motifs is 13. The minimum absolute atomic E-state index is 0.490. The normalized spacial score (nSPS) is 13.6. The van der Waals surface area contributed by atoms with Gasteiger partial charge in [0.1, 0.15) is 11.5 Å². The molecule has 8 aromatic carbocycles. The fourth-order valence-corrected chi connectivity index (χ4v) is 8.77. The van der Waals surface area contributed by atoms with E-state index in [2.05, 4.69) is 180 Å². The Bertz CT molecular complexity index is 2760. The molecule has 11 rings (SSSR count). The molecule has 0 bridgehead atoms. The fourth-order valence-electron chi connectivity index (χ4n) is 8.77. The van der Waals surface area contributed by atoms with Crippen LogP contribution in [0, 0.1) is 0 Å². The van der Waals surface area contributed by atoms with E-state index in [-0.39, 0.29) is 0 Å². The zero-order valence-corrected chi connectivity index (χ0v) is 26.6. The van der Waals surface area contributed by atoms with Crippen molar-refractivity contribution >= 4 is 32.6 Å². The largest absolute Gasteiger partial charge is 0.457 e. The molecule has 1 aromatic heterocycles. The molecule has 228 valence electrons. The van der Waals surface area contributed by atoms with Gasteiger partial charge in [-0.1, -0.05) is 133 Å². The zero-order chi connectivity index (χ0) is 32.1. The maximum atomic E-state index is 6.89. The molecule has 0 N–H and O–H groups in total. The quantitative estimate of drug-likeness (QED) is 0.187. The molecule has 0 saturated carbocycles. The van der Waals surface area contributed by atoms with Crippen LogP contribution in [0.25, 0.3) is 60.5 Å². The van der Waals surface area contributed by atoms with Crippen LogP contribution < -0.4 is 4.74 Å². The topological polar surface area (TPSA) is 14.2 Å². The van der Waals surface area contributed by atoms with Crippen molar-refractivity contribution < 1.29 is 4.74 Å². The molecule has 0 saturated heterocycles. The van der Waals surface area contributed by atoms with E-state index in [1.807, 2.05) is 0 Å². The molecule has 0 unspecified atom stereocenters. The minimum Gasteiger partial charge on any atom is -0.457 e. The molecule has 2 heteroatoms. The molecule has 1 aliphatic heterocycles. The first-order valence-corrected chi connectivity index (χ1v) is 16.9. The van der Waals surface area contributed by atoms with E-state index in [9.17, 15) is 0 Å². The summed E-state index contributed by atoms with van der Waals surface area (Å²) in [7, 11) is 0. The van der Waals surface area contributed by atoms with Gasteiger partial charge >= 0.3 is 0 Å². The minimum atomic E-state index is -0.490. The Morgan fingerprint density at radius 3 is 1.82 bits per heavy atom. The molecule has 2 aliphatic rings. The molecule has 0 atom stereocenters. The second-order valence-electron chi connectivity index (χ2n) is 13.3. The molecule has 0 fully saturated rings. The smallest absolute Gasteiger partial charge is 0.134 e. The third kappa shape index (κ3) is 3.55. The number of hydrogen-bond donors (Lipinski definition) is 0. The van der Waals surface area contributed by atoms with Crippen molar-refractivity contribution in [2.45, 2.75) is 5.41 Å². The van der Waals surface area contributed by atoms with E-state index in [0.29, 0.717) is 0 Å². The Hall–Kier alpha value is -6.38. The zero-order valence-electron chi connectivity index (χ0n) is 26.6. The first-order chi connectivity index (χ1) is 24.3. The molecule has 1 spiro atoms. The Morgan fingerprint density at radius 1 is 0.388 bits per heavy atom. The van der Waals surface area contributed by atoms with Crippen LogP contribution in [0.4, 0.5) is 0 Å². The predicted octanol–water partition coefficient (Wildman–Crippen LogP) is 12.1. The van der Waals surface area contributed by atoms with Crippen LogP contribution in [0.3, 0.4) is 0 Å². The first kappa shape index (κ1) is 26.7. The molecule has 49 heavy (non-hydrogen) atoms. The van der Waals surface area contributed by atoms with Gasteiger partial charge in [0.25, 0.3) is 0 Å². The summed E-state index contributed by atoms with van der Waals surface area (Å²) in [5.74, 6) is 1.80. The summed E-state index contributed by atoms with van der Waals surface area (Å²) in [6.45, 7) is 0. The van der Waals surface area contributed by atoms with Gasteiger partial charge in [-0.15, -0.1) is 0 Å². The van der Waals surface area contributed by atoms with E-state index in [4.69, 9.17) is 4.74 Å². The Morgan fingerprint density at radius 2 is 1.02 bits per heavy atom. The van der Waals surface area contributed by atoms with Crippen LogP contribution in [0.5, 0.6) is 11.5 Å². The lowest BCUT2D eigenvalue weighted by Crippen LogP contribution is -2.32. The van der Waals surface area contributed by atoms with Gasteiger partial charge in [0.05, 0.1) is 16.4 Å². The number of aromatic nitrogens is 1. The molecular formula is C47H29NO. The van der Waals surface area contributed by atoms with Crippen molar-refractivity contribution in [1.82, 2.24) is 4.57 Å². The summed E-state index contributed by atoms with van der Waals surface area (Å²) in [4.78, 5) is 0. The molecule has 0 radical (unpaired) electrons. The van der Waals surface area contributed by atoms with Crippen molar-refractivity contribution in [3.8, 4) is 39.4 Å². The van der Waals surface area contributed by atoms with Gasteiger partial charge in [0, 0.05) is 33.7 Å². The van der Waals surface area contributed by atoms with E-state index in [1.165, 1.54) is 71.6 Å². The number of nitrogens with zero attached hydrogens (tertiary/aromatic N) is 1. The van der Waals surface area contributed by atoms with Gasteiger partial charge in [-0.2, -0.15) is 0 Å². The van der Waals surface area contributed by atoms with Crippen LogP contribution >= 0.6 is 0 Å². The van der Waals surface area contributed by atoms with Crippen LogP contribution in [0.15, 0.2) is 176 Å². The lowest BCUT2D eigenvalue weighted by molar-refractivity contribution is 0.437. The van der Waals surface area contributed by atoms with Crippen molar-refractivity contribution in [2.75, 3.05) is 0 Å². The van der Waals surface area contributed by atoms with Crippen LogP contribution in [-0.2, 0) is 5.41 Å². The number of benzene rings is 8. The van der Waals surface area contributed by atoms with Crippen molar-refractivity contribution in [3.05, 3.63) is 198 Å². The summed E-state index contributed by atoms with van der Waals surface area (Å²) < 4.78 is 9.28. The summed E-state index contributed by atoms with van der Waals surface area (Å²) in [6, 6.07) is 64.1. The molecule has 0 amide bonds. The third-order valence-electron chi connectivity index (χ3n) is 10.8. The molecule has 2 heterocycles. The van der Waals surface area contributed by atoms with E-state index in [0.717, 1.165) is 22.7 Å². The number of ether oxygens (including phenoxy) is 1. The summed E-state index contributed by atoms with van der Waals surface area (Å²) in [6.07, 6.45) is 0. The van der Waals surface area contributed by atoms with Gasteiger partial charge < -0.3 is 9.30 Å². The fraction of sp³-hybridized carbons (Fsp3) is 0.0213. The highest BCUT2D eigenvalue weighted by Gasteiger charge is 2.51. The SMILES string of the molecule is c1ccc2c(c1)Oc1cc3c(cc1C21c2ccccc2-c2ccccc21)c1ccccc1n3-c1ccc(-c2ccc3ccccc3c2)cc1. The van der Waals surface area contributed by atoms with E-state index >= 15 is 0 Å². The number of hydrogen-bond acceptors (Lipinski definition) is 1. The average molecular weight is 624 g/mol. The molecule has 2 nitrogen and oxygen atoms in total. The van der Waals surface area contributed by atoms with Gasteiger partial charge in [-0.3, -0.25) is 0 Å². The van der Waals surface area contributed by atoms with Gasteiger partial charge in [0.15, 0.2) is 0 Å². The maximum absolute atomic E-state index is 6.89. The summed E-state index contributed by atoms with van der Waals surface area (Å²) in [5, 5.41) is 4.96. The molecule has 1 aliphatic carbocycles. The monoisotopic (exact) mass is 623 g/mol. The third-order valence-corrected chi connectivity index (χ3v) is 10.8. The average Bonchev–Trinajstić information content (AvgIpc) is 3.64. The highest BCUT2D eigenvalue weighted by atomic mass is 16.5. The molecular weight excluding hydrogens is 595 g/mol. The standard InChI is InChI=1S/C47H29NO/c1-2-12-32-27-33(22-21-30(32)11-1)31-23-25-34(26-24-31)48-43-19-9-5-15-37(43)38-28-42-46(29-44(38)48)49-45-20-10-8-18-41(45)47(42)39-16-6-3-13-35(39)36-14-4-7-17-40(36)47/h1-29H. The number of para-hydroxylation sites is 2. The van der Waals surface area contributed by atoms with Gasteiger partial charge in [0.2, 0.25) is 0 Å². The van der Waals surface area contributed by atoms with E-state index < -0.39 is 5.41 Å². The van der Waals surface area contributed by atoms with E-state index in [1.54, 1.807) is 0 Å². The van der Waals surface area contributed by atoms with Crippen LogP contribution in [0.2, 0.25) is 0 Å². The molecule has 9 aromatic rings. The highest BCUT2D eigenvalue weighted by Crippen LogP contribution is 2.62. The Labute approximate surface area is 284 Å². The summed E-state index contributed by atoms with van der Waals surface area (Å²) in [5.41, 5.74) is 12.9. The first-order valence-electron chi connectivity index (χ1n) is 16.9. The second-order valence-corrected chi connectivity index (χ2v) is 13.3. The summed E-state index contributed by atoms with van der Waals surface area (Å²) >= 11 is 0. The lowest BCUT2D eigenvalue weighted by atomic mass is 9.66. The Kier molecular flexibility index (Phi) is 5.34. The highest BCUT2D eigenvalue weighted by molar-refractivity contribution is 6.10. The number of rotatable bonds is 2. The van der Waals surface area contributed by atoms with Crippen LogP contribution in [0.1, 0.15) is 22.3 Å². The van der Waals surface area contributed by atoms with Gasteiger partial charge in [-0.05, 0) is 80.6 Å².